The zero-order chi connectivity index (χ0) is 14.8. The third-order valence-corrected chi connectivity index (χ3v) is 5.24. The van der Waals surface area contributed by atoms with E-state index in [2.05, 4.69) is 4.72 Å². The minimum absolute atomic E-state index is 0.159. The first-order chi connectivity index (χ1) is 9.44. The number of nitrogens with two attached hydrogens (primary N) is 1. The van der Waals surface area contributed by atoms with Crippen LogP contribution in [0.1, 0.15) is 25.7 Å². The van der Waals surface area contributed by atoms with E-state index in [0.717, 1.165) is 37.8 Å². The Morgan fingerprint density at radius 3 is 2.50 bits per heavy atom. The zero-order valence-corrected chi connectivity index (χ0v) is 11.8. The van der Waals surface area contributed by atoms with Crippen LogP contribution in [0.25, 0.3) is 0 Å². The molecule has 1 fully saturated rings. The van der Waals surface area contributed by atoms with Crippen molar-refractivity contribution in [2.45, 2.75) is 36.6 Å². The molecule has 0 amide bonds. The molecule has 1 aromatic carbocycles. The van der Waals surface area contributed by atoms with Crippen molar-refractivity contribution in [3.05, 3.63) is 29.8 Å². The fourth-order valence-electron chi connectivity index (χ4n) is 2.65. The van der Waals surface area contributed by atoms with Gasteiger partial charge in [-0.25, -0.2) is 21.9 Å². The van der Waals surface area contributed by atoms with E-state index in [9.17, 15) is 17.2 Å². The Morgan fingerprint density at radius 1 is 1.30 bits per heavy atom. The second kappa shape index (κ2) is 6.15. The number of benzene rings is 1. The van der Waals surface area contributed by atoms with Crippen molar-refractivity contribution in [2.75, 3.05) is 6.54 Å². The summed E-state index contributed by atoms with van der Waals surface area (Å²) in [7, 11) is -4.03. The van der Waals surface area contributed by atoms with E-state index < -0.39 is 32.6 Å². The highest BCUT2D eigenvalue weighted by Crippen LogP contribution is 2.28. The van der Waals surface area contributed by atoms with Gasteiger partial charge < -0.3 is 5.73 Å². The van der Waals surface area contributed by atoms with Gasteiger partial charge in [-0.1, -0.05) is 12.8 Å². The van der Waals surface area contributed by atoms with Crippen molar-refractivity contribution in [3.63, 3.8) is 0 Å². The van der Waals surface area contributed by atoms with Crippen LogP contribution >= 0.6 is 0 Å². The Morgan fingerprint density at radius 2 is 1.95 bits per heavy atom. The van der Waals surface area contributed by atoms with Gasteiger partial charge in [-0.3, -0.25) is 0 Å². The van der Waals surface area contributed by atoms with Gasteiger partial charge in [0, 0.05) is 18.7 Å². The smallest absolute Gasteiger partial charge is 0.243 e. The number of hydrogen-bond acceptors (Lipinski definition) is 3. The molecule has 0 spiro atoms. The van der Waals surface area contributed by atoms with Gasteiger partial charge in [-0.2, -0.15) is 0 Å². The standard InChI is InChI=1S/C13H18F2N2O2S/c14-10-5-6-13(11(15)7-10)20(18,19)17-12(8-16)9-3-1-2-4-9/h5-7,9,12,17H,1-4,8,16H2. The molecule has 2 rings (SSSR count). The average Bonchev–Trinajstić information content (AvgIpc) is 2.89. The summed E-state index contributed by atoms with van der Waals surface area (Å²) in [6.07, 6.45) is 3.92. The largest absolute Gasteiger partial charge is 0.329 e. The van der Waals surface area contributed by atoms with E-state index in [1.807, 2.05) is 0 Å². The van der Waals surface area contributed by atoms with Crippen molar-refractivity contribution in [2.24, 2.45) is 11.7 Å². The lowest BCUT2D eigenvalue weighted by molar-refractivity contribution is 0.404. The maximum Gasteiger partial charge on any atom is 0.243 e. The van der Waals surface area contributed by atoms with E-state index in [0.29, 0.717) is 6.07 Å². The fraction of sp³-hybridized carbons (Fsp3) is 0.538. The number of hydrogen-bond donors (Lipinski definition) is 2. The average molecular weight is 304 g/mol. The van der Waals surface area contributed by atoms with Crippen LogP contribution in [0.3, 0.4) is 0 Å². The lowest BCUT2D eigenvalue weighted by Gasteiger charge is -2.23. The minimum atomic E-state index is -4.03. The van der Waals surface area contributed by atoms with E-state index >= 15 is 0 Å². The quantitative estimate of drug-likeness (QED) is 0.870. The highest BCUT2D eigenvalue weighted by molar-refractivity contribution is 7.89. The van der Waals surface area contributed by atoms with Crippen LogP contribution in [-0.4, -0.2) is 21.0 Å². The van der Waals surface area contributed by atoms with Crippen LogP contribution in [0.15, 0.2) is 23.1 Å². The predicted octanol–water partition coefficient (Wildman–Crippen LogP) is 1.76. The van der Waals surface area contributed by atoms with Crippen molar-refractivity contribution in [3.8, 4) is 0 Å². The van der Waals surface area contributed by atoms with E-state index in [4.69, 9.17) is 5.73 Å². The van der Waals surface area contributed by atoms with Crippen LogP contribution < -0.4 is 10.5 Å². The summed E-state index contributed by atoms with van der Waals surface area (Å²) >= 11 is 0. The Bertz CT molecular complexity index is 572. The van der Waals surface area contributed by atoms with Crippen molar-refractivity contribution in [1.29, 1.82) is 0 Å². The van der Waals surface area contributed by atoms with Crippen LogP contribution in [-0.2, 0) is 10.0 Å². The van der Waals surface area contributed by atoms with Gasteiger partial charge in [-0.15, -0.1) is 0 Å². The molecule has 1 aromatic rings. The molecule has 1 saturated carbocycles. The summed E-state index contributed by atoms with van der Waals surface area (Å²) < 4.78 is 53.2. The van der Waals surface area contributed by atoms with Gasteiger partial charge in [0.2, 0.25) is 10.0 Å². The van der Waals surface area contributed by atoms with Gasteiger partial charge in [0.25, 0.3) is 0 Å². The van der Waals surface area contributed by atoms with Crippen molar-refractivity contribution in [1.82, 2.24) is 4.72 Å². The van der Waals surface area contributed by atoms with Crippen LogP contribution in [0.4, 0.5) is 8.78 Å². The Labute approximate surface area is 117 Å². The minimum Gasteiger partial charge on any atom is -0.329 e. The second-order valence-corrected chi connectivity index (χ2v) is 6.77. The molecular weight excluding hydrogens is 286 g/mol. The third kappa shape index (κ3) is 3.34. The maximum atomic E-state index is 13.6. The molecule has 1 unspecified atom stereocenters. The molecule has 1 atom stereocenters. The van der Waals surface area contributed by atoms with E-state index in [1.165, 1.54) is 0 Å². The van der Waals surface area contributed by atoms with Gasteiger partial charge >= 0.3 is 0 Å². The van der Waals surface area contributed by atoms with Gasteiger partial charge in [0.1, 0.15) is 16.5 Å². The maximum absolute atomic E-state index is 13.6. The molecule has 20 heavy (non-hydrogen) atoms. The Balaban J connectivity index is 2.21. The molecule has 4 nitrogen and oxygen atoms in total. The van der Waals surface area contributed by atoms with Gasteiger partial charge in [0.05, 0.1) is 0 Å². The monoisotopic (exact) mass is 304 g/mol. The molecule has 112 valence electrons. The van der Waals surface area contributed by atoms with Gasteiger partial charge in [0.15, 0.2) is 0 Å². The van der Waals surface area contributed by atoms with Crippen LogP contribution in [0, 0.1) is 17.6 Å². The molecular formula is C13H18F2N2O2S. The summed E-state index contributed by atoms with van der Waals surface area (Å²) in [6.45, 7) is 0.159. The number of sulfonamides is 1. The summed E-state index contributed by atoms with van der Waals surface area (Å²) in [5.74, 6) is -1.73. The molecule has 0 bridgehead atoms. The van der Waals surface area contributed by atoms with Crippen molar-refractivity contribution >= 4 is 10.0 Å². The van der Waals surface area contributed by atoms with E-state index in [-0.39, 0.29) is 12.5 Å². The van der Waals surface area contributed by atoms with E-state index in [1.54, 1.807) is 0 Å². The number of rotatable bonds is 5. The topological polar surface area (TPSA) is 72.2 Å². The van der Waals surface area contributed by atoms with Crippen molar-refractivity contribution < 1.29 is 17.2 Å². The molecule has 0 radical (unpaired) electrons. The second-order valence-electron chi connectivity index (χ2n) is 5.08. The lowest BCUT2D eigenvalue weighted by Crippen LogP contribution is -2.44. The third-order valence-electron chi connectivity index (χ3n) is 3.71. The first kappa shape index (κ1) is 15.3. The molecule has 7 heteroatoms. The van der Waals surface area contributed by atoms with Crippen LogP contribution in [0.5, 0.6) is 0 Å². The SMILES string of the molecule is NCC(NS(=O)(=O)c1ccc(F)cc1F)C1CCCC1. The summed E-state index contributed by atoms with van der Waals surface area (Å²) in [6, 6.07) is 1.99. The summed E-state index contributed by atoms with van der Waals surface area (Å²) in [4.78, 5) is -0.546. The molecule has 1 aliphatic rings. The summed E-state index contributed by atoms with van der Waals surface area (Å²) in [5.41, 5.74) is 5.62. The highest BCUT2D eigenvalue weighted by Gasteiger charge is 2.29. The molecule has 0 saturated heterocycles. The fourth-order valence-corrected chi connectivity index (χ4v) is 4.03. The Hall–Kier alpha value is -1.05. The first-order valence-electron chi connectivity index (χ1n) is 6.61. The Kier molecular flexibility index (Phi) is 4.72. The molecule has 0 aliphatic heterocycles. The predicted molar refractivity (Wildman–Crippen MR) is 71.5 cm³/mol. The number of nitrogens with one attached hydrogen (secondary N) is 1. The van der Waals surface area contributed by atoms with Crippen LogP contribution in [0.2, 0.25) is 0 Å². The first-order valence-corrected chi connectivity index (χ1v) is 8.10. The highest BCUT2D eigenvalue weighted by atomic mass is 32.2. The molecule has 0 heterocycles. The molecule has 3 N–H and O–H groups in total. The molecule has 1 aliphatic carbocycles. The normalized spacial score (nSPS) is 18.4. The van der Waals surface area contributed by atoms with Gasteiger partial charge in [-0.05, 0) is 30.9 Å². The zero-order valence-electron chi connectivity index (χ0n) is 11.0. The number of halogens is 2. The summed E-state index contributed by atoms with van der Waals surface area (Å²) in [5, 5.41) is 0. The lowest BCUT2D eigenvalue weighted by atomic mass is 9.99. The molecule has 0 aromatic heterocycles.